The molecule has 0 aliphatic carbocycles. The number of nitrogens with one attached hydrogen (secondary N) is 1. The number of halogens is 1. The van der Waals surface area contributed by atoms with Crippen LogP contribution in [0.25, 0.3) is 0 Å². The number of hydrogen-bond donors (Lipinski definition) is 1. The maximum Gasteiger partial charge on any atom is 0.258 e. The molecule has 0 aliphatic rings. The zero-order valence-electron chi connectivity index (χ0n) is 14.7. The number of carbonyl (C=O) groups is 1. The van der Waals surface area contributed by atoms with E-state index in [1.807, 2.05) is 25.1 Å². The van der Waals surface area contributed by atoms with Crippen molar-refractivity contribution in [3.05, 3.63) is 64.5 Å². The van der Waals surface area contributed by atoms with Gasteiger partial charge in [0, 0.05) is 6.54 Å². The smallest absolute Gasteiger partial charge is 0.258 e. The van der Waals surface area contributed by atoms with E-state index in [1.54, 1.807) is 19.1 Å². The Hall–Kier alpha value is -2.36. The number of ether oxygens (including phenoxy) is 1. The number of benzene rings is 2. The second-order valence-electron chi connectivity index (χ2n) is 6.34. The molecule has 1 amide bonds. The first-order chi connectivity index (χ1) is 11.4. The Bertz CT molecular complexity index is 726. The maximum absolute atomic E-state index is 13.5. The van der Waals surface area contributed by atoms with E-state index in [4.69, 9.17) is 4.74 Å². The fourth-order valence-electron chi connectivity index (χ4n) is 2.38. The molecule has 0 unspecified atom stereocenters. The van der Waals surface area contributed by atoms with Crippen LogP contribution in [-0.4, -0.2) is 12.5 Å². The molecular weight excluding hydrogens is 305 g/mol. The van der Waals surface area contributed by atoms with Crippen molar-refractivity contribution in [3.63, 3.8) is 0 Å². The van der Waals surface area contributed by atoms with Gasteiger partial charge < -0.3 is 10.1 Å². The molecule has 2 rings (SSSR count). The maximum atomic E-state index is 13.5. The summed E-state index contributed by atoms with van der Waals surface area (Å²) in [6.45, 7) is 8.09. The molecule has 0 saturated carbocycles. The molecule has 2 aromatic carbocycles. The number of aryl methyl sites for hydroxylation is 2. The van der Waals surface area contributed by atoms with Crippen LogP contribution in [0.1, 0.15) is 42.0 Å². The van der Waals surface area contributed by atoms with E-state index in [1.165, 1.54) is 6.07 Å². The second kappa shape index (κ2) is 7.95. The highest BCUT2D eigenvalue weighted by atomic mass is 19.1. The van der Waals surface area contributed by atoms with Crippen molar-refractivity contribution in [2.24, 2.45) is 0 Å². The lowest BCUT2D eigenvalue weighted by atomic mass is 10.0. The SMILES string of the molecule is Cc1ccc(C(C)C)c(OCC(=O)NCc2ccc(C)c(F)c2)c1. The van der Waals surface area contributed by atoms with E-state index in [0.717, 1.165) is 22.4 Å². The van der Waals surface area contributed by atoms with Crippen LogP contribution in [0.15, 0.2) is 36.4 Å². The third-order valence-corrected chi connectivity index (χ3v) is 3.88. The summed E-state index contributed by atoms with van der Waals surface area (Å²) in [6.07, 6.45) is 0. The van der Waals surface area contributed by atoms with Gasteiger partial charge >= 0.3 is 0 Å². The van der Waals surface area contributed by atoms with E-state index in [0.29, 0.717) is 11.5 Å². The Kier molecular flexibility index (Phi) is 5.96. The van der Waals surface area contributed by atoms with Crippen LogP contribution in [0.2, 0.25) is 0 Å². The van der Waals surface area contributed by atoms with Crippen molar-refractivity contribution in [1.29, 1.82) is 0 Å². The highest BCUT2D eigenvalue weighted by molar-refractivity contribution is 5.77. The van der Waals surface area contributed by atoms with Gasteiger partial charge in [-0.3, -0.25) is 4.79 Å². The van der Waals surface area contributed by atoms with Gasteiger partial charge in [0.15, 0.2) is 6.61 Å². The van der Waals surface area contributed by atoms with Crippen LogP contribution in [0, 0.1) is 19.7 Å². The summed E-state index contributed by atoms with van der Waals surface area (Å²) < 4.78 is 19.2. The van der Waals surface area contributed by atoms with Crippen LogP contribution in [0.4, 0.5) is 4.39 Å². The van der Waals surface area contributed by atoms with E-state index in [9.17, 15) is 9.18 Å². The number of amides is 1. The van der Waals surface area contributed by atoms with E-state index < -0.39 is 0 Å². The van der Waals surface area contributed by atoms with Crippen LogP contribution >= 0.6 is 0 Å². The van der Waals surface area contributed by atoms with Crippen molar-refractivity contribution in [1.82, 2.24) is 5.32 Å². The third kappa shape index (κ3) is 4.82. The van der Waals surface area contributed by atoms with Gasteiger partial charge in [0.2, 0.25) is 0 Å². The highest BCUT2D eigenvalue weighted by Gasteiger charge is 2.10. The van der Waals surface area contributed by atoms with Crippen LogP contribution in [0.5, 0.6) is 5.75 Å². The van der Waals surface area contributed by atoms with E-state index >= 15 is 0 Å². The summed E-state index contributed by atoms with van der Waals surface area (Å²) in [5, 5.41) is 2.75. The molecule has 24 heavy (non-hydrogen) atoms. The molecule has 0 aromatic heterocycles. The fourth-order valence-corrected chi connectivity index (χ4v) is 2.38. The fraction of sp³-hybridized carbons (Fsp3) is 0.350. The number of rotatable bonds is 6. The molecule has 0 radical (unpaired) electrons. The number of hydrogen-bond acceptors (Lipinski definition) is 2. The Balaban J connectivity index is 1.91. The summed E-state index contributed by atoms with van der Waals surface area (Å²) in [4.78, 5) is 12.0. The van der Waals surface area contributed by atoms with Crippen LogP contribution in [-0.2, 0) is 11.3 Å². The Labute approximate surface area is 142 Å². The molecule has 0 aliphatic heterocycles. The first-order valence-electron chi connectivity index (χ1n) is 8.12. The molecule has 0 fully saturated rings. The predicted octanol–water partition coefficient (Wildman–Crippen LogP) is 4.26. The van der Waals surface area contributed by atoms with E-state index in [-0.39, 0.29) is 24.9 Å². The van der Waals surface area contributed by atoms with Crippen molar-refractivity contribution < 1.29 is 13.9 Å². The second-order valence-corrected chi connectivity index (χ2v) is 6.34. The van der Waals surface area contributed by atoms with Crippen molar-refractivity contribution in [2.45, 2.75) is 40.2 Å². The summed E-state index contributed by atoms with van der Waals surface area (Å²) >= 11 is 0. The zero-order valence-corrected chi connectivity index (χ0v) is 14.7. The molecule has 1 N–H and O–H groups in total. The van der Waals surface area contributed by atoms with E-state index in [2.05, 4.69) is 19.2 Å². The van der Waals surface area contributed by atoms with Crippen LogP contribution < -0.4 is 10.1 Å². The molecule has 2 aromatic rings. The van der Waals surface area contributed by atoms with Gasteiger partial charge in [0.05, 0.1) is 0 Å². The minimum Gasteiger partial charge on any atom is -0.483 e. The normalized spacial score (nSPS) is 10.8. The largest absolute Gasteiger partial charge is 0.483 e. The van der Waals surface area contributed by atoms with Gasteiger partial charge in [-0.2, -0.15) is 0 Å². The predicted molar refractivity (Wildman–Crippen MR) is 93.7 cm³/mol. The molecule has 4 heteroatoms. The van der Waals surface area contributed by atoms with Crippen molar-refractivity contribution in [2.75, 3.05) is 6.61 Å². The van der Waals surface area contributed by atoms with Crippen LogP contribution in [0.3, 0.4) is 0 Å². The zero-order chi connectivity index (χ0) is 17.7. The minimum absolute atomic E-state index is 0.0580. The van der Waals surface area contributed by atoms with Gasteiger partial charge in [-0.05, 0) is 54.2 Å². The summed E-state index contributed by atoms with van der Waals surface area (Å²) in [5.74, 6) is 0.562. The Morgan fingerprint density at radius 1 is 1.17 bits per heavy atom. The van der Waals surface area contributed by atoms with Gasteiger partial charge in [0.1, 0.15) is 11.6 Å². The van der Waals surface area contributed by atoms with Gasteiger partial charge in [0.25, 0.3) is 5.91 Å². The molecule has 0 heterocycles. The van der Waals surface area contributed by atoms with Gasteiger partial charge in [-0.15, -0.1) is 0 Å². The Morgan fingerprint density at radius 2 is 1.92 bits per heavy atom. The molecule has 3 nitrogen and oxygen atoms in total. The molecule has 128 valence electrons. The first kappa shape index (κ1) is 18.0. The summed E-state index contributed by atoms with van der Waals surface area (Å²) in [5.41, 5.74) is 3.48. The molecule has 0 saturated heterocycles. The van der Waals surface area contributed by atoms with Gasteiger partial charge in [-0.1, -0.05) is 38.1 Å². The summed E-state index contributed by atoms with van der Waals surface area (Å²) in [7, 11) is 0. The lowest BCUT2D eigenvalue weighted by Crippen LogP contribution is -2.28. The lowest BCUT2D eigenvalue weighted by Gasteiger charge is -2.15. The molecular formula is C20H24FNO2. The van der Waals surface area contributed by atoms with Crippen molar-refractivity contribution in [3.8, 4) is 5.75 Å². The quantitative estimate of drug-likeness (QED) is 0.860. The third-order valence-electron chi connectivity index (χ3n) is 3.88. The summed E-state index contributed by atoms with van der Waals surface area (Å²) in [6, 6.07) is 11.0. The molecule has 0 spiro atoms. The highest BCUT2D eigenvalue weighted by Crippen LogP contribution is 2.27. The lowest BCUT2D eigenvalue weighted by molar-refractivity contribution is -0.123. The topological polar surface area (TPSA) is 38.3 Å². The Morgan fingerprint density at radius 3 is 2.58 bits per heavy atom. The standard InChI is InChI=1S/C20H24FNO2/c1-13(2)17-8-5-14(3)9-19(17)24-12-20(23)22-11-16-7-6-15(4)18(21)10-16/h5-10,13H,11-12H2,1-4H3,(H,22,23). The first-order valence-corrected chi connectivity index (χ1v) is 8.12. The van der Waals surface area contributed by atoms with Crippen molar-refractivity contribution >= 4 is 5.91 Å². The molecule has 0 bridgehead atoms. The van der Waals surface area contributed by atoms with Gasteiger partial charge in [-0.25, -0.2) is 4.39 Å². The minimum atomic E-state index is -0.265. The monoisotopic (exact) mass is 329 g/mol. The molecule has 0 atom stereocenters. The average Bonchev–Trinajstić information content (AvgIpc) is 2.53. The number of carbonyl (C=O) groups excluding carboxylic acids is 1. The average molecular weight is 329 g/mol.